The fourth-order valence-corrected chi connectivity index (χ4v) is 1.44. The summed E-state index contributed by atoms with van der Waals surface area (Å²) in [6, 6.07) is 0. The molecule has 0 bridgehead atoms. The van der Waals surface area contributed by atoms with Gasteiger partial charge in [0.1, 0.15) is 0 Å². The van der Waals surface area contributed by atoms with Crippen LogP contribution in [0, 0.1) is 5.92 Å². The van der Waals surface area contributed by atoms with Gasteiger partial charge in [-0.25, -0.2) is 4.79 Å². The molecule has 0 radical (unpaired) electrons. The van der Waals surface area contributed by atoms with E-state index in [2.05, 4.69) is 5.32 Å². The van der Waals surface area contributed by atoms with Gasteiger partial charge in [-0.1, -0.05) is 12.2 Å². The highest BCUT2D eigenvalue weighted by Gasteiger charge is 2.22. The maximum Gasteiger partial charge on any atom is 0.334 e. The normalized spacial score (nSPS) is 17.7. The summed E-state index contributed by atoms with van der Waals surface area (Å²) >= 11 is 0. The third-order valence-corrected chi connectivity index (χ3v) is 2.40. The molecule has 84 valence electrons. The van der Waals surface area contributed by atoms with E-state index >= 15 is 0 Å². The molecule has 0 saturated heterocycles. The second-order valence-corrected chi connectivity index (χ2v) is 3.45. The van der Waals surface area contributed by atoms with E-state index in [0.717, 1.165) is 12.8 Å². The summed E-state index contributed by atoms with van der Waals surface area (Å²) in [6.07, 6.45) is 4.40. The van der Waals surface area contributed by atoms with Crippen molar-refractivity contribution in [3.8, 4) is 0 Å². The maximum atomic E-state index is 11.5. The topological polar surface area (TPSA) is 75.6 Å². The van der Waals surface area contributed by atoms with Gasteiger partial charge >= 0.3 is 5.97 Å². The van der Waals surface area contributed by atoms with Crippen LogP contribution >= 0.6 is 0 Å². The number of ether oxygens (including phenoxy) is 1. The molecule has 0 aromatic rings. The number of allylic oxidation sites excluding steroid dienone is 2. The lowest BCUT2D eigenvalue weighted by Crippen LogP contribution is -2.40. The van der Waals surface area contributed by atoms with Gasteiger partial charge in [0, 0.05) is 13.0 Å². The molecule has 1 aliphatic carbocycles. The van der Waals surface area contributed by atoms with Gasteiger partial charge < -0.3 is 15.2 Å². The van der Waals surface area contributed by atoms with Crippen molar-refractivity contribution in [2.75, 3.05) is 13.7 Å². The van der Waals surface area contributed by atoms with E-state index in [0.29, 0.717) is 0 Å². The molecular formula is C10H15NO4. The Bertz CT molecular complexity index is 267. The van der Waals surface area contributed by atoms with Crippen molar-refractivity contribution >= 4 is 11.9 Å². The number of methoxy groups -OCH3 is 1. The second kappa shape index (κ2) is 5.50. The predicted molar refractivity (Wildman–Crippen MR) is 53.3 cm³/mol. The number of rotatable bonds is 5. The van der Waals surface area contributed by atoms with Crippen LogP contribution in [-0.2, 0) is 14.3 Å². The highest BCUT2D eigenvalue weighted by molar-refractivity contribution is 5.80. The molecule has 15 heavy (non-hydrogen) atoms. The van der Waals surface area contributed by atoms with E-state index in [4.69, 9.17) is 9.84 Å². The molecule has 5 heteroatoms. The lowest BCUT2D eigenvalue weighted by atomic mass is 10.1. The molecule has 1 amide bonds. The Morgan fingerprint density at radius 1 is 1.53 bits per heavy atom. The zero-order valence-electron chi connectivity index (χ0n) is 8.60. The zero-order chi connectivity index (χ0) is 11.3. The van der Waals surface area contributed by atoms with Crippen LogP contribution < -0.4 is 5.32 Å². The minimum Gasteiger partial charge on any atom is -0.479 e. The third kappa shape index (κ3) is 3.36. The van der Waals surface area contributed by atoms with Crippen LogP contribution in [0.15, 0.2) is 12.2 Å². The van der Waals surface area contributed by atoms with Gasteiger partial charge in [-0.3, -0.25) is 4.79 Å². The van der Waals surface area contributed by atoms with Gasteiger partial charge in [0.25, 0.3) is 0 Å². The van der Waals surface area contributed by atoms with Gasteiger partial charge in [-0.2, -0.15) is 0 Å². The Morgan fingerprint density at radius 3 is 2.60 bits per heavy atom. The number of hydrogen-bond acceptors (Lipinski definition) is 3. The van der Waals surface area contributed by atoms with Gasteiger partial charge in [0.15, 0.2) is 6.10 Å². The van der Waals surface area contributed by atoms with Crippen LogP contribution in [0.25, 0.3) is 0 Å². The van der Waals surface area contributed by atoms with Crippen molar-refractivity contribution in [1.82, 2.24) is 5.32 Å². The summed E-state index contributed by atoms with van der Waals surface area (Å²) in [5.41, 5.74) is 0. The van der Waals surface area contributed by atoms with Gasteiger partial charge in [-0.05, 0) is 12.8 Å². The number of carbonyl (C=O) groups is 2. The SMILES string of the molecule is COC(CNC(=O)C1CC=CC1)C(=O)O. The Hall–Kier alpha value is -1.36. The predicted octanol–water partition coefficient (Wildman–Crippen LogP) is 0.168. The van der Waals surface area contributed by atoms with Crippen LogP contribution in [0.5, 0.6) is 0 Å². The molecule has 0 saturated carbocycles. The summed E-state index contributed by atoms with van der Waals surface area (Å²) in [5.74, 6) is -1.22. The first-order valence-electron chi connectivity index (χ1n) is 4.83. The molecule has 1 unspecified atom stereocenters. The van der Waals surface area contributed by atoms with E-state index in [1.165, 1.54) is 7.11 Å². The smallest absolute Gasteiger partial charge is 0.334 e. The molecular weight excluding hydrogens is 198 g/mol. The van der Waals surface area contributed by atoms with Crippen molar-refractivity contribution < 1.29 is 19.4 Å². The fourth-order valence-electron chi connectivity index (χ4n) is 1.44. The maximum absolute atomic E-state index is 11.5. The van der Waals surface area contributed by atoms with Crippen LogP contribution in [-0.4, -0.2) is 36.7 Å². The van der Waals surface area contributed by atoms with Crippen LogP contribution in [0.4, 0.5) is 0 Å². The minimum atomic E-state index is -1.07. The monoisotopic (exact) mass is 213 g/mol. The number of nitrogens with one attached hydrogen (secondary N) is 1. The number of hydrogen-bond donors (Lipinski definition) is 2. The molecule has 0 spiro atoms. The molecule has 0 fully saturated rings. The highest BCUT2D eigenvalue weighted by Crippen LogP contribution is 2.17. The molecule has 1 atom stereocenters. The van der Waals surface area contributed by atoms with Gasteiger partial charge in [0.2, 0.25) is 5.91 Å². The van der Waals surface area contributed by atoms with Crippen molar-refractivity contribution in [1.29, 1.82) is 0 Å². The quantitative estimate of drug-likeness (QED) is 0.638. The number of carboxylic acid groups (broad SMARTS) is 1. The minimum absolute atomic E-state index is 0.0150. The van der Waals surface area contributed by atoms with Crippen molar-refractivity contribution in [2.24, 2.45) is 5.92 Å². The largest absolute Gasteiger partial charge is 0.479 e. The molecule has 0 heterocycles. The molecule has 2 N–H and O–H groups in total. The highest BCUT2D eigenvalue weighted by atomic mass is 16.5. The number of aliphatic carboxylic acids is 1. The first kappa shape index (κ1) is 11.7. The Morgan fingerprint density at radius 2 is 2.13 bits per heavy atom. The van der Waals surface area contributed by atoms with Crippen molar-refractivity contribution in [2.45, 2.75) is 18.9 Å². The molecule has 0 aromatic carbocycles. The van der Waals surface area contributed by atoms with Crippen LogP contribution in [0.1, 0.15) is 12.8 Å². The van der Waals surface area contributed by atoms with Gasteiger partial charge in [-0.15, -0.1) is 0 Å². The molecule has 1 aliphatic rings. The Kier molecular flexibility index (Phi) is 4.30. The summed E-state index contributed by atoms with van der Waals surface area (Å²) < 4.78 is 4.69. The van der Waals surface area contributed by atoms with E-state index < -0.39 is 12.1 Å². The summed E-state index contributed by atoms with van der Waals surface area (Å²) in [7, 11) is 1.31. The average Bonchev–Trinajstić information content (AvgIpc) is 2.70. The van der Waals surface area contributed by atoms with E-state index in [-0.39, 0.29) is 18.4 Å². The molecule has 5 nitrogen and oxygen atoms in total. The van der Waals surface area contributed by atoms with Crippen molar-refractivity contribution in [3.05, 3.63) is 12.2 Å². The summed E-state index contributed by atoms with van der Waals surface area (Å²) in [4.78, 5) is 22.1. The lowest BCUT2D eigenvalue weighted by Gasteiger charge is -2.14. The molecule has 0 aromatic heterocycles. The number of carbonyl (C=O) groups excluding carboxylic acids is 1. The first-order chi connectivity index (χ1) is 7.15. The first-order valence-corrected chi connectivity index (χ1v) is 4.83. The van der Waals surface area contributed by atoms with Crippen LogP contribution in [0.3, 0.4) is 0 Å². The van der Waals surface area contributed by atoms with Gasteiger partial charge in [0.05, 0.1) is 6.54 Å². The third-order valence-electron chi connectivity index (χ3n) is 2.40. The zero-order valence-corrected chi connectivity index (χ0v) is 8.60. The Balaban J connectivity index is 2.29. The second-order valence-electron chi connectivity index (χ2n) is 3.45. The standard InChI is InChI=1S/C10H15NO4/c1-15-8(10(13)14)6-11-9(12)7-4-2-3-5-7/h2-3,7-8H,4-6H2,1H3,(H,11,12)(H,13,14). The molecule has 1 rings (SSSR count). The summed E-state index contributed by atoms with van der Waals surface area (Å²) in [6.45, 7) is 0.0150. The van der Waals surface area contributed by atoms with E-state index in [1.54, 1.807) is 0 Å². The van der Waals surface area contributed by atoms with E-state index in [9.17, 15) is 9.59 Å². The average molecular weight is 213 g/mol. The van der Waals surface area contributed by atoms with Crippen molar-refractivity contribution in [3.63, 3.8) is 0 Å². The summed E-state index contributed by atoms with van der Waals surface area (Å²) in [5, 5.41) is 11.2. The lowest BCUT2D eigenvalue weighted by molar-refractivity contribution is -0.148. The fraction of sp³-hybridized carbons (Fsp3) is 0.600. The number of amides is 1. The Labute approximate surface area is 88.1 Å². The van der Waals surface area contributed by atoms with E-state index in [1.807, 2.05) is 12.2 Å². The van der Waals surface area contributed by atoms with Crippen LogP contribution in [0.2, 0.25) is 0 Å². The molecule has 0 aliphatic heterocycles. The number of carboxylic acids is 1.